The lowest BCUT2D eigenvalue weighted by Crippen LogP contribution is -2.44. The molecular weight excluding hydrogens is 326 g/mol. The molecule has 2 amide bonds. The zero-order chi connectivity index (χ0) is 18.4. The van der Waals surface area contributed by atoms with Crippen molar-refractivity contribution in [3.63, 3.8) is 0 Å². The average molecular weight is 357 g/mol. The van der Waals surface area contributed by atoms with Crippen molar-refractivity contribution in [1.82, 2.24) is 10.2 Å². The summed E-state index contributed by atoms with van der Waals surface area (Å²) in [4.78, 5) is 26.3. The third-order valence-electron chi connectivity index (χ3n) is 5.94. The smallest absolute Gasteiger partial charge is 0.241 e. The molecule has 2 fully saturated rings. The van der Waals surface area contributed by atoms with Gasteiger partial charge in [0, 0.05) is 25.6 Å². The molecule has 0 radical (unpaired) electrons. The molecule has 0 bridgehead atoms. The number of benzene rings is 1. The van der Waals surface area contributed by atoms with Gasteiger partial charge in [0.1, 0.15) is 0 Å². The van der Waals surface area contributed by atoms with Gasteiger partial charge in [-0.2, -0.15) is 0 Å². The van der Waals surface area contributed by atoms with E-state index in [4.69, 9.17) is 5.73 Å². The Balaban J connectivity index is 1.35. The van der Waals surface area contributed by atoms with Crippen LogP contribution >= 0.6 is 0 Å². The Bertz CT molecular complexity index is 597. The summed E-state index contributed by atoms with van der Waals surface area (Å²) in [5.41, 5.74) is 7.38. The summed E-state index contributed by atoms with van der Waals surface area (Å²) >= 11 is 0. The van der Waals surface area contributed by atoms with Gasteiger partial charge in [0.15, 0.2) is 0 Å². The number of hydrogen-bond acceptors (Lipinski definition) is 3. The van der Waals surface area contributed by atoms with Crippen molar-refractivity contribution in [3.05, 3.63) is 35.9 Å². The monoisotopic (exact) mass is 357 g/mol. The summed E-state index contributed by atoms with van der Waals surface area (Å²) < 4.78 is 0. The molecule has 2 atom stereocenters. The van der Waals surface area contributed by atoms with E-state index in [1.807, 2.05) is 11.0 Å². The van der Waals surface area contributed by atoms with Gasteiger partial charge in [-0.3, -0.25) is 9.59 Å². The first-order chi connectivity index (χ1) is 12.6. The van der Waals surface area contributed by atoms with E-state index in [9.17, 15) is 9.59 Å². The number of piperidine rings is 1. The van der Waals surface area contributed by atoms with Crippen molar-refractivity contribution in [1.29, 1.82) is 0 Å². The highest BCUT2D eigenvalue weighted by Crippen LogP contribution is 2.26. The van der Waals surface area contributed by atoms with Gasteiger partial charge in [-0.15, -0.1) is 0 Å². The van der Waals surface area contributed by atoms with E-state index in [0.29, 0.717) is 12.3 Å². The van der Waals surface area contributed by atoms with Crippen LogP contribution in [-0.4, -0.2) is 42.4 Å². The maximum Gasteiger partial charge on any atom is 0.241 e. The molecule has 5 nitrogen and oxygen atoms in total. The molecule has 2 aliphatic rings. The Hall–Kier alpha value is -1.88. The number of carbonyl (C=O) groups is 2. The predicted octanol–water partition coefficient (Wildman–Crippen LogP) is 2.10. The Morgan fingerprint density at radius 2 is 1.81 bits per heavy atom. The lowest BCUT2D eigenvalue weighted by atomic mass is 9.90. The maximum absolute atomic E-state index is 12.4. The second-order valence-electron chi connectivity index (χ2n) is 7.85. The molecule has 1 saturated carbocycles. The molecule has 1 saturated heterocycles. The summed E-state index contributed by atoms with van der Waals surface area (Å²) in [6.07, 6.45) is 6.74. The van der Waals surface area contributed by atoms with E-state index in [1.165, 1.54) is 5.56 Å². The minimum atomic E-state index is -0.0420. The highest BCUT2D eigenvalue weighted by atomic mass is 16.2. The van der Waals surface area contributed by atoms with Crippen molar-refractivity contribution >= 4 is 11.8 Å². The maximum atomic E-state index is 12.4. The Kier molecular flexibility index (Phi) is 6.67. The van der Waals surface area contributed by atoms with Gasteiger partial charge in [0.25, 0.3) is 0 Å². The fourth-order valence-corrected chi connectivity index (χ4v) is 4.25. The minimum Gasteiger partial charge on any atom is -0.347 e. The first-order valence-corrected chi connectivity index (χ1v) is 9.96. The molecule has 5 heteroatoms. The largest absolute Gasteiger partial charge is 0.347 e. The molecule has 0 spiro atoms. The second kappa shape index (κ2) is 9.17. The number of rotatable bonds is 6. The average Bonchev–Trinajstić information content (AvgIpc) is 3.06. The van der Waals surface area contributed by atoms with Crippen LogP contribution in [0.4, 0.5) is 0 Å². The molecule has 1 aliphatic heterocycles. The molecule has 1 aromatic rings. The van der Waals surface area contributed by atoms with Crippen LogP contribution in [0.25, 0.3) is 0 Å². The molecule has 1 aliphatic carbocycles. The molecule has 0 unspecified atom stereocenters. The standard InChI is InChI=1S/C21H31N3O2/c22-19-8-4-7-18(19)14-20(25)23-15-21(26)24-11-9-17(10-12-24)13-16-5-2-1-3-6-16/h1-3,5-6,17-19H,4,7-15,22H2,(H,23,25)/t18-,19+/m0/s1. The number of amides is 2. The second-order valence-corrected chi connectivity index (χ2v) is 7.85. The number of likely N-dealkylation sites (tertiary alicyclic amines) is 1. The van der Waals surface area contributed by atoms with Crippen LogP contribution in [-0.2, 0) is 16.0 Å². The van der Waals surface area contributed by atoms with Crippen LogP contribution in [0.2, 0.25) is 0 Å². The van der Waals surface area contributed by atoms with Gasteiger partial charge < -0.3 is 16.0 Å². The van der Waals surface area contributed by atoms with Crippen molar-refractivity contribution < 1.29 is 9.59 Å². The molecule has 3 N–H and O–H groups in total. The lowest BCUT2D eigenvalue weighted by Gasteiger charge is -2.32. The van der Waals surface area contributed by atoms with Gasteiger partial charge in [0.2, 0.25) is 11.8 Å². The van der Waals surface area contributed by atoms with E-state index in [1.54, 1.807) is 0 Å². The third-order valence-corrected chi connectivity index (χ3v) is 5.94. The molecule has 1 heterocycles. The topological polar surface area (TPSA) is 75.4 Å². The van der Waals surface area contributed by atoms with Crippen LogP contribution in [0.5, 0.6) is 0 Å². The molecule has 1 aromatic carbocycles. The van der Waals surface area contributed by atoms with E-state index in [0.717, 1.165) is 51.6 Å². The Morgan fingerprint density at radius 3 is 2.46 bits per heavy atom. The molecule has 26 heavy (non-hydrogen) atoms. The number of carbonyl (C=O) groups excluding carboxylic acids is 2. The SMILES string of the molecule is N[C@@H]1CCC[C@H]1CC(=O)NCC(=O)N1CCC(Cc2ccccc2)CC1. The molecule has 0 aromatic heterocycles. The summed E-state index contributed by atoms with van der Waals surface area (Å²) in [7, 11) is 0. The van der Waals surface area contributed by atoms with E-state index in [-0.39, 0.29) is 30.3 Å². The van der Waals surface area contributed by atoms with E-state index >= 15 is 0 Å². The highest BCUT2D eigenvalue weighted by Gasteiger charge is 2.27. The van der Waals surface area contributed by atoms with Crippen molar-refractivity contribution in [2.75, 3.05) is 19.6 Å². The summed E-state index contributed by atoms with van der Waals surface area (Å²) in [6.45, 7) is 1.70. The molecule has 142 valence electrons. The van der Waals surface area contributed by atoms with Crippen molar-refractivity contribution in [3.8, 4) is 0 Å². The van der Waals surface area contributed by atoms with Crippen molar-refractivity contribution in [2.24, 2.45) is 17.6 Å². The van der Waals surface area contributed by atoms with Gasteiger partial charge in [0.05, 0.1) is 6.54 Å². The van der Waals surface area contributed by atoms with Crippen LogP contribution in [0.1, 0.15) is 44.1 Å². The minimum absolute atomic E-state index is 0.0345. The molecular formula is C21H31N3O2. The first kappa shape index (κ1) is 18.9. The van der Waals surface area contributed by atoms with E-state index < -0.39 is 0 Å². The van der Waals surface area contributed by atoms with Gasteiger partial charge >= 0.3 is 0 Å². The summed E-state index contributed by atoms with van der Waals surface area (Å²) in [5.74, 6) is 0.908. The van der Waals surface area contributed by atoms with Crippen LogP contribution < -0.4 is 11.1 Å². The Labute approximate surface area is 156 Å². The zero-order valence-corrected chi connectivity index (χ0v) is 15.5. The number of hydrogen-bond donors (Lipinski definition) is 2. The zero-order valence-electron chi connectivity index (χ0n) is 15.5. The first-order valence-electron chi connectivity index (χ1n) is 9.96. The number of nitrogens with two attached hydrogens (primary N) is 1. The lowest BCUT2D eigenvalue weighted by molar-refractivity contribution is -0.134. The quantitative estimate of drug-likeness (QED) is 0.819. The van der Waals surface area contributed by atoms with Gasteiger partial charge in [-0.05, 0) is 49.5 Å². The van der Waals surface area contributed by atoms with Gasteiger partial charge in [-0.25, -0.2) is 0 Å². The van der Waals surface area contributed by atoms with Crippen LogP contribution in [0.3, 0.4) is 0 Å². The van der Waals surface area contributed by atoms with Crippen LogP contribution in [0.15, 0.2) is 30.3 Å². The molecule has 3 rings (SSSR count). The predicted molar refractivity (Wildman–Crippen MR) is 102 cm³/mol. The van der Waals surface area contributed by atoms with Crippen LogP contribution in [0, 0.1) is 11.8 Å². The van der Waals surface area contributed by atoms with Crippen molar-refractivity contribution in [2.45, 2.75) is 51.0 Å². The third kappa shape index (κ3) is 5.31. The summed E-state index contributed by atoms with van der Waals surface area (Å²) in [6, 6.07) is 10.7. The highest BCUT2D eigenvalue weighted by molar-refractivity contribution is 5.84. The number of nitrogens with zero attached hydrogens (tertiary/aromatic N) is 1. The summed E-state index contributed by atoms with van der Waals surface area (Å²) in [5, 5.41) is 2.79. The Morgan fingerprint density at radius 1 is 1.08 bits per heavy atom. The van der Waals surface area contributed by atoms with E-state index in [2.05, 4.69) is 29.6 Å². The fraction of sp³-hybridized carbons (Fsp3) is 0.619. The fourth-order valence-electron chi connectivity index (χ4n) is 4.25. The number of nitrogens with one attached hydrogen (secondary N) is 1. The normalized spacial score (nSPS) is 23.8. The van der Waals surface area contributed by atoms with Gasteiger partial charge in [-0.1, -0.05) is 36.8 Å².